The smallest absolute Gasteiger partial charge is 0.354 e. The zero-order chi connectivity index (χ0) is 10.1. The van der Waals surface area contributed by atoms with Crippen molar-refractivity contribution >= 4 is 5.84 Å². The maximum Gasteiger partial charge on any atom is 0.449 e. The topological polar surface area (TPSA) is 53.6 Å². The van der Waals surface area contributed by atoms with E-state index in [0.717, 1.165) is 4.90 Å². The number of nitrogens with one attached hydrogen (secondary N) is 1. The van der Waals surface area contributed by atoms with Gasteiger partial charge in [-0.2, -0.15) is 13.2 Å². The summed E-state index contributed by atoms with van der Waals surface area (Å²) < 4.78 is 36.6. The van der Waals surface area contributed by atoms with Crippen LogP contribution in [0.3, 0.4) is 0 Å². The van der Waals surface area contributed by atoms with Crippen LogP contribution >= 0.6 is 0 Å². The molecular formula is C6H11F3N4. The maximum atomic E-state index is 12.2. The molecule has 3 N–H and O–H groups in total. The van der Waals surface area contributed by atoms with Crippen molar-refractivity contribution in [3.05, 3.63) is 0 Å². The number of aliphatic imine (C=N–C) groups is 1. The van der Waals surface area contributed by atoms with Crippen LogP contribution in [0.15, 0.2) is 4.99 Å². The summed E-state index contributed by atoms with van der Waals surface area (Å²) in [6.45, 7) is 0.282. The highest BCUT2D eigenvalue weighted by molar-refractivity contribution is 5.88. The van der Waals surface area contributed by atoms with Crippen molar-refractivity contribution in [2.75, 3.05) is 20.1 Å². The molecule has 4 nitrogen and oxygen atoms in total. The van der Waals surface area contributed by atoms with E-state index in [1.54, 1.807) is 0 Å². The van der Waals surface area contributed by atoms with Gasteiger partial charge >= 0.3 is 6.18 Å². The minimum atomic E-state index is -4.37. The van der Waals surface area contributed by atoms with E-state index in [2.05, 4.69) is 10.4 Å². The molecule has 0 amide bonds. The molecule has 0 bridgehead atoms. The largest absolute Gasteiger partial charge is 0.449 e. The Morgan fingerprint density at radius 2 is 2.23 bits per heavy atom. The molecule has 1 rings (SSSR count). The van der Waals surface area contributed by atoms with Crippen molar-refractivity contribution in [2.45, 2.75) is 12.2 Å². The molecule has 0 aliphatic carbocycles. The van der Waals surface area contributed by atoms with E-state index in [1.807, 2.05) is 0 Å². The maximum absolute atomic E-state index is 12.2. The lowest BCUT2D eigenvalue weighted by molar-refractivity contribution is -0.0693. The van der Waals surface area contributed by atoms with Gasteiger partial charge in [0.25, 0.3) is 0 Å². The highest BCUT2D eigenvalue weighted by atomic mass is 19.4. The predicted molar refractivity (Wildman–Crippen MR) is 42.1 cm³/mol. The Morgan fingerprint density at radius 1 is 1.62 bits per heavy atom. The first kappa shape index (κ1) is 10.3. The van der Waals surface area contributed by atoms with Gasteiger partial charge in [0, 0.05) is 13.6 Å². The summed E-state index contributed by atoms with van der Waals surface area (Å²) >= 11 is 0. The minimum Gasteiger partial charge on any atom is -0.354 e. The van der Waals surface area contributed by atoms with Gasteiger partial charge in [0.1, 0.15) is 0 Å². The van der Waals surface area contributed by atoms with E-state index < -0.39 is 12.0 Å². The quantitative estimate of drug-likeness (QED) is 0.448. The molecular weight excluding hydrogens is 185 g/mol. The molecule has 1 unspecified atom stereocenters. The lowest BCUT2D eigenvalue weighted by atomic mass is 10.2. The average Bonchev–Trinajstić information content (AvgIpc) is 2.01. The van der Waals surface area contributed by atoms with Crippen LogP contribution in [0, 0.1) is 0 Å². The monoisotopic (exact) mass is 196 g/mol. The number of alkyl halides is 3. The van der Waals surface area contributed by atoms with Gasteiger partial charge in [-0.15, -0.1) is 0 Å². The third-order valence-electron chi connectivity index (χ3n) is 1.81. The van der Waals surface area contributed by atoms with E-state index in [1.165, 1.54) is 7.05 Å². The number of halogens is 3. The molecule has 1 aliphatic rings. The fourth-order valence-electron chi connectivity index (χ4n) is 1.20. The van der Waals surface area contributed by atoms with Gasteiger partial charge in [-0.1, -0.05) is 0 Å². The Morgan fingerprint density at radius 3 is 2.62 bits per heavy atom. The number of hydrogen-bond acceptors (Lipinski definition) is 4. The number of rotatable bonds is 1. The molecule has 13 heavy (non-hydrogen) atoms. The number of hydrogen-bond donors (Lipinski definition) is 2. The molecule has 0 radical (unpaired) electrons. The van der Waals surface area contributed by atoms with Crippen molar-refractivity contribution in [1.82, 2.24) is 10.3 Å². The van der Waals surface area contributed by atoms with Crippen LogP contribution in [0.2, 0.25) is 0 Å². The van der Waals surface area contributed by atoms with Crippen LogP contribution in [0.1, 0.15) is 0 Å². The standard InChI is InChI=1S/C6H11F3N4/c1-13-3-4(12-10)2-11-5(13)6(7,8)9/h4,12H,2-3,10H2,1H3. The fraction of sp³-hybridized carbons (Fsp3) is 0.833. The Labute approximate surface area is 73.6 Å². The van der Waals surface area contributed by atoms with Crippen LogP contribution in [0.4, 0.5) is 13.2 Å². The van der Waals surface area contributed by atoms with E-state index in [-0.39, 0.29) is 19.1 Å². The summed E-state index contributed by atoms with van der Waals surface area (Å²) in [5.41, 5.74) is 2.39. The van der Waals surface area contributed by atoms with Crippen molar-refractivity contribution in [3.8, 4) is 0 Å². The van der Waals surface area contributed by atoms with Gasteiger partial charge in [-0.3, -0.25) is 16.3 Å². The second kappa shape index (κ2) is 3.51. The van der Waals surface area contributed by atoms with E-state index >= 15 is 0 Å². The lowest BCUT2D eigenvalue weighted by Gasteiger charge is -2.31. The molecule has 0 saturated carbocycles. The first-order valence-corrected chi connectivity index (χ1v) is 3.74. The van der Waals surface area contributed by atoms with Crippen molar-refractivity contribution in [3.63, 3.8) is 0 Å². The minimum absolute atomic E-state index is 0.0652. The number of amidine groups is 1. The summed E-state index contributed by atoms with van der Waals surface area (Å²) in [6.07, 6.45) is -4.37. The highest BCUT2D eigenvalue weighted by Crippen LogP contribution is 2.21. The van der Waals surface area contributed by atoms with Crippen LogP contribution < -0.4 is 11.3 Å². The normalized spacial score (nSPS) is 24.5. The van der Waals surface area contributed by atoms with Crippen LogP contribution in [0.5, 0.6) is 0 Å². The highest BCUT2D eigenvalue weighted by Gasteiger charge is 2.40. The van der Waals surface area contributed by atoms with E-state index in [0.29, 0.717) is 0 Å². The zero-order valence-corrected chi connectivity index (χ0v) is 7.10. The zero-order valence-electron chi connectivity index (χ0n) is 7.10. The Bertz CT molecular complexity index is 212. The number of likely N-dealkylation sites (N-methyl/N-ethyl adjacent to an activating group) is 1. The summed E-state index contributed by atoms with van der Waals surface area (Å²) in [5, 5.41) is 0. The first-order chi connectivity index (χ1) is 5.95. The fourth-order valence-corrected chi connectivity index (χ4v) is 1.20. The molecule has 1 heterocycles. The van der Waals surface area contributed by atoms with Gasteiger partial charge < -0.3 is 4.90 Å². The van der Waals surface area contributed by atoms with Gasteiger partial charge in [0.15, 0.2) is 0 Å². The van der Waals surface area contributed by atoms with Gasteiger partial charge in [-0.05, 0) is 0 Å². The Balaban J connectivity index is 2.73. The third kappa shape index (κ3) is 2.31. The van der Waals surface area contributed by atoms with Crippen LogP contribution in [-0.4, -0.2) is 43.1 Å². The van der Waals surface area contributed by atoms with Crippen LogP contribution in [0.25, 0.3) is 0 Å². The van der Waals surface area contributed by atoms with Crippen molar-refractivity contribution < 1.29 is 13.2 Å². The SMILES string of the molecule is CN1CC(NN)CN=C1C(F)(F)F. The van der Waals surface area contributed by atoms with Gasteiger partial charge in [0.05, 0.1) is 12.6 Å². The number of hydrazine groups is 1. The third-order valence-corrected chi connectivity index (χ3v) is 1.81. The second-order valence-electron chi connectivity index (χ2n) is 2.91. The molecule has 76 valence electrons. The summed E-state index contributed by atoms with van der Waals surface area (Å²) in [6, 6.07) is -0.212. The molecule has 0 spiro atoms. The molecule has 0 aromatic carbocycles. The Hall–Kier alpha value is -0.820. The molecule has 0 fully saturated rings. The number of nitrogens with two attached hydrogens (primary N) is 1. The molecule has 1 aliphatic heterocycles. The first-order valence-electron chi connectivity index (χ1n) is 3.74. The number of nitrogens with zero attached hydrogens (tertiary/aromatic N) is 2. The van der Waals surface area contributed by atoms with Crippen LogP contribution in [-0.2, 0) is 0 Å². The summed E-state index contributed by atoms with van der Waals surface area (Å²) in [5.74, 6) is 4.26. The molecule has 0 saturated heterocycles. The average molecular weight is 196 g/mol. The van der Waals surface area contributed by atoms with E-state index in [4.69, 9.17) is 5.84 Å². The van der Waals surface area contributed by atoms with Gasteiger partial charge in [0.2, 0.25) is 5.84 Å². The predicted octanol–water partition coefficient (Wildman–Crippen LogP) is -0.275. The van der Waals surface area contributed by atoms with Gasteiger partial charge in [-0.25, -0.2) is 0 Å². The second-order valence-corrected chi connectivity index (χ2v) is 2.91. The lowest BCUT2D eigenvalue weighted by Crippen LogP contribution is -2.53. The van der Waals surface area contributed by atoms with Crippen molar-refractivity contribution in [2.24, 2.45) is 10.8 Å². The molecule has 1 atom stereocenters. The summed E-state index contributed by atoms with van der Waals surface area (Å²) in [7, 11) is 1.34. The summed E-state index contributed by atoms with van der Waals surface area (Å²) in [4.78, 5) is 4.46. The molecule has 7 heteroatoms. The molecule has 0 aromatic heterocycles. The van der Waals surface area contributed by atoms with Crippen molar-refractivity contribution in [1.29, 1.82) is 0 Å². The molecule has 0 aromatic rings. The van der Waals surface area contributed by atoms with E-state index in [9.17, 15) is 13.2 Å². The Kier molecular flexibility index (Phi) is 2.77.